The molecule has 129 heavy (non-hydrogen) atoms. The van der Waals surface area contributed by atoms with Crippen LogP contribution >= 0.6 is 0 Å². The maximum Gasteiger partial charge on any atom is 0.117 e. The summed E-state index contributed by atoms with van der Waals surface area (Å²) in [6, 6.07) is 102. The van der Waals surface area contributed by atoms with Gasteiger partial charge in [-0.1, -0.05) is 307 Å². The van der Waals surface area contributed by atoms with Gasteiger partial charge in [0.05, 0.1) is 41.7 Å². The summed E-state index contributed by atoms with van der Waals surface area (Å²) in [7, 11) is 1.32. The van der Waals surface area contributed by atoms with Gasteiger partial charge in [0.2, 0.25) is 0 Å². The minimum Gasteiger partial charge on any atom is -0.505 e. The number of aryl methyl sites for hydroxylation is 3. The van der Waals surface area contributed by atoms with E-state index in [1.54, 1.807) is 19.0 Å². The summed E-state index contributed by atoms with van der Waals surface area (Å²) in [6.07, 6.45) is 28.3. The summed E-state index contributed by atoms with van der Waals surface area (Å²) >= 11 is 0. The van der Waals surface area contributed by atoms with Crippen LogP contribution in [0.15, 0.2) is 323 Å². The Morgan fingerprint density at radius 3 is 1.02 bits per heavy atom. The van der Waals surface area contributed by atoms with Crippen LogP contribution in [0.4, 0.5) is 0 Å². The zero-order valence-corrected chi connectivity index (χ0v) is 85.3. The maximum absolute atomic E-state index is 5.97. The van der Waals surface area contributed by atoms with Crippen LogP contribution in [0.5, 0.6) is 11.5 Å². The van der Waals surface area contributed by atoms with E-state index < -0.39 is 24.2 Å². The molecule has 0 spiro atoms. The minimum atomic E-state index is -1.50. The molecule has 2 aliphatic carbocycles. The monoisotopic (exact) mass is 2270 g/mol. The van der Waals surface area contributed by atoms with E-state index in [9.17, 15) is 0 Å². The first-order valence-corrected chi connectivity index (χ1v) is 53.2. The van der Waals surface area contributed by atoms with Crippen molar-refractivity contribution in [2.75, 3.05) is 0 Å². The quantitative estimate of drug-likeness (QED) is 0.0899. The van der Waals surface area contributed by atoms with Crippen molar-refractivity contribution in [2.45, 2.75) is 109 Å². The zero-order valence-electron chi connectivity index (χ0n) is 75.1. The molecule has 6 aromatic heterocycles. The van der Waals surface area contributed by atoms with Gasteiger partial charge in [-0.3, -0.25) is 0 Å². The summed E-state index contributed by atoms with van der Waals surface area (Å²) in [6.45, 7) is 28.3. The van der Waals surface area contributed by atoms with Crippen LogP contribution in [-0.2, 0) is 86.9 Å². The molecule has 21 rings (SSSR count). The molecular weight excluding hydrogens is 2170 g/mol. The molecule has 0 fully saturated rings. The van der Waals surface area contributed by atoms with Crippen molar-refractivity contribution in [3.8, 4) is 102 Å². The standard InChI is InChI=1S/2C24H22NSi.C22H26NSi.2C15H12N3O.C9H8N3.3Ir/c2*1-26(2,3)24-17-25-23(16-22(24)19-10-5-4-6-11-19)21-14-13-18-9-7-8-12-20(18)15-21;1-22(2,3)19-14-20(23-15-21(19)24(4,5)6)18-12-11-16-9-7-8-10-17(16)13-18;2*1-18-9-16-17-15(18)10-6-7-12-11-4-2-3-5-13(11)19-14(12)8-10;1-12-7-10-11-9(12)8-5-3-2-4-6-8;;;/h2*4-13,15-17H,1-3H3;7-11,13-15H,1-6H3;2*2-5,7-9,11,13H,1H3;2-5,7H,1H3;;;/q6*-1;;;. The predicted molar refractivity (Wildman–Crippen MR) is 523 cm³/mol. The average molecular weight is 2270 g/mol. The maximum atomic E-state index is 5.97. The smallest absolute Gasteiger partial charge is 0.117 e. The number of rotatable bonds is 11. The zero-order chi connectivity index (χ0) is 87.9. The van der Waals surface area contributed by atoms with E-state index in [4.69, 9.17) is 24.4 Å². The molecule has 11 aromatic carbocycles. The Morgan fingerprint density at radius 1 is 0.333 bits per heavy atom. The Kier molecular flexibility index (Phi) is 30.4. The molecule has 8 heterocycles. The van der Waals surface area contributed by atoms with Crippen LogP contribution < -0.4 is 25.0 Å². The number of benzene rings is 11. The molecule has 2 aliphatic heterocycles. The predicted octanol–water partition coefficient (Wildman–Crippen LogP) is 23.2. The summed E-state index contributed by atoms with van der Waals surface area (Å²) < 4.78 is 17.6. The average Bonchev–Trinajstić information content (AvgIpc) is 1.58. The van der Waals surface area contributed by atoms with Crippen molar-refractivity contribution in [2.24, 2.45) is 21.1 Å². The second kappa shape index (κ2) is 41.3. The van der Waals surface area contributed by atoms with E-state index in [2.05, 4.69) is 390 Å². The number of ether oxygens (including phenoxy) is 2. The van der Waals surface area contributed by atoms with Gasteiger partial charge in [0.15, 0.2) is 0 Å². The van der Waals surface area contributed by atoms with Gasteiger partial charge >= 0.3 is 0 Å². The van der Waals surface area contributed by atoms with Crippen LogP contribution in [0.25, 0.3) is 123 Å². The third kappa shape index (κ3) is 22.2. The van der Waals surface area contributed by atoms with Crippen molar-refractivity contribution in [3.05, 3.63) is 376 Å². The molecule has 3 radical (unpaired) electrons. The van der Waals surface area contributed by atoms with Gasteiger partial charge in [-0.15, -0.1) is 174 Å². The largest absolute Gasteiger partial charge is 0.505 e. The van der Waals surface area contributed by atoms with E-state index in [0.29, 0.717) is 11.8 Å². The molecule has 0 saturated heterocycles. The van der Waals surface area contributed by atoms with Crippen LogP contribution in [0.2, 0.25) is 58.9 Å². The molecule has 0 amide bonds. The second-order valence-electron chi connectivity index (χ2n) is 36.2. The van der Waals surface area contributed by atoms with Crippen molar-refractivity contribution < 1.29 is 69.8 Å². The van der Waals surface area contributed by atoms with Crippen molar-refractivity contribution in [1.29, 1.82) is 0 Å². The van der Waals surface area contributed by atoms with Crippen LogP contribution in [0, 0.1) is 36.4 Å². The fourth-order valence-electron chi connectivity index (χ4n) is 16.1. The fraction of sp³-hybridized carbons (Fsp3) is 0.183. The Morgan fingerprint density at radius 2 is 0.667 bits per heavy atom. The number of hydrogen-bond acceptors (Lipinski definition) is 11. The first-order valence-electron chi connectivity index (χ1n) is 42.7. The molecule has 17 aromatic rings. The number of pyridine rings is 3. The first-order chi connectivity index (χ1) is 60.7. The number of aromatic nitrogens is 12. The molecule has 0 bridgehead atoms. The molecule has 4 aliphatic rings. The summed E-state index contributed by atoms with van der Waals surface area (Å²) in [5, 5.41) is 35.3. The topological polar surface area (TPSA) is 149 Å². The van der Waals surface area contributed by atoms with Gasteiger partial charge in [-0.2, -0.15) is 15.3 Å². The number of nitrogens with zero attached hydrogens (tertiary/aromatic N) is 12. The Balaban J connectivity index is 0.000000133. The van der Waals surface area contributed by atoms with Crippen LogP contribution in [-0.4, -0.2) is 95.7 Å². The third-order valence-corrected chi connectivity index (χ3v) is 28.9. The molecular formula is C109H102Ir3N12O2Si3-6. The van der Waals surface area contributed by atoms with E-state index in [0.717, 1.165) is 79.4 Å². The van der Waals surface area contributed by atoms with Gasteiger partial charge in [-0.05, 0) is 78.0 Å². The van der Waals surface area contributed by atoms with Gasteiger partial charge in [0.25, 0.3) is 0 Å². The van der Waals surface area contributed by atoms with Gasteiger partial charge < -0.3 is 38.1 Å². The Labute approximate surface area is 802 Å². The fourth-order valence-corrected chi connectivity index (χ4v) is 20.7. The SMILES string of the molecule is CC(C)(C)c1cc(-c2[c-]cc3ccccc3c2)ncc1[Si](C)(C)C.C[Si](C)(C)c1cnc(-c2[c-]cc3ccccc3c2)cc1-c1ccccc1.C[Si](C)(C)c1cnc(-c2[c-]cc3ccccc3c2)cc1-c1ccccc1.Cn1cnnc1-c1[c-]cc2c(c1)OC1C=CC=CC21.Cn1cnnc1-c1[c-]cc2c(c1)OC1C=CC=CC21.Cn1cnnc1-c1[c-]cccc1.[Ir].[Ir].[Ir]. The molecule has 4 unspecified atom stereocenters. The normalized spacial score (nSPS) is 14.8. The van der Waals surface area contributed by atoms with E-state index >= 15 is 0 Å². The molecule has 14 nitrogen and oxygen atoms in total. The summed E-state index contributed by atoms with van der Waals surface area (Å²) in [5.74, 6) is 4.90. The first kappa shape index (κ1) is 94.8. The minimum absolute atomic E-state index is 0. The molecule has 655 valence electrons. The van der Waals surface area contributed by atoms with Crippen molar-refractivity contribution in [1.82, 2.24) is 59.2 Å². The van der Waals surface area contributed by atoms with E-state index in [1.807, 2.05) is 95.5 Å². The molecule has 0 N–H and O–H groups in total. The summed E-state index contributed by atoms with van der Waals surface area (Å²) in [4.78, 5) is 14.4. The molecule has 4 atom stereocenters. The Hall–Kier alpha value is -11.8. The van der Waals surface area contributed by atoms with Gasteiger partial charge in [-0.25, -0.2) is 0 Å². The van der Waals surface area contributed by atoms with Crippen LogP contribution in [0.1, 0.15) is 49.3 Å². The van der Waals surface area contributed by atoms with E-state index in [1.165, 1.54) is 86.8 Å². The summed E-state index contributed by atoms with van der Waals surface area (Å²) in [5.41, 5.74) is 18.0. The number of fused-ring (bicyclic) bond motifs is 9. The molecule has 0 saturated carbocycles. The number of hydrogen-bond donors (Lipinski definition) is 0. The molecule has 20 heteroatoms. The van der Waals surface area contributed by atoms with Gasteiger partial charge in [0.1, 0.15) is 31.2 Å². The van der Waals surface area contributed by atoms with Crippen LogP contribution in [0.3, 0.4) is 0 Å². The third-order valence-electron chi connectivity index (χ3n) is 22.8. The number of allylic oxidation sites excluding steroid dienone is 4. The Bertz CT molecular complexity index is 6590. The van der Waals surface area contributed by atoms with Gasteiger partial charge in [0, 0.05) is 123 Å². The second-order valence-corrected chi connectivity index (χ2v) is 51.3. The van der Waals surface area contributed by atoms with E-state index in [-0.39, 0.29) is 77.9 Å². The van der Waals surface area contributed by atoms with Crippen molar-refractivity contribution >= 4 is 72.1 Å². The van der Waals surface area contributed by atoms with Crippen molar-refractivity contribution in [3.63, 3.8) is 0 Å².